The number of halogens is 1. The fraction of sp³-hybridized carbons (Fsp3) is 0.304. The van der Waals surface area contributed by atoms with Gasteiger partial charge in [0.05, 0.1) is 18.3 Å². The average Bonchev–Trinajstić information content (AvgIpc) is 3.19. The van der Waals surface area contributed by atoms with Gasteiger partial charge in [0.1, 0.15) is 28.0 Å². The number of hydrogen-bond acceptors (Lipinski definition) is 5. The molecule has 0 aliphatic carbocycles. The Labute approximate surface area is 179 Å². The van der Waals surface area contributed by atoms with Crippen molar-refractivity contribution < 1.29 is 14.0 Å². The van der Waals surface area contributed by atoms with Gasteiger partial charge in [0.25, 0.3) is 0 Å². The molecule has 0 atom stereocenters. The first-order valence-electron chi connectivity index (χ1n) is 9.85. The summed E-state index contributed by atoms with van der Waals surface area (Å²) in [5.41, 5.74) is 2.00. The summed E-state index contributed by atoms with van der Waals surface area (Å²) in [6, 6.07) is 13.5. The van der Waals surface area contributed by atoms with Crippen molar-refractivity contribution >= 4 is 28.1 Å². The van der Waals surface area contributed by atoms with Crippen LogP contribution in [-0.2, 0) is 4.84 Å². The summed E-state index contributed by atoms with van der Waals surface area (Å²) in [4.78, 5) is 10.2. The van der Waals surface area contributed by atoms with Gasteiger partial charge in [0.2, 0.25) is 0 Å². The molecule has 4 rings (SSSR count). The molecule has 3 heterocycles. The number of alkyl halides is 1. The first kappa shape index (κ1) is 20.3. The van der Waals surface area contributed by atoms with E-state index in [2.05, 4.69) is 10.1 Å². The number of benzene rings is 1. The Balaban J connectivity index is 1.83. The van der Waals surface area contributed by atoms with Crippen molar-refractivity contribution in [2.24, 2.45) is 5.16 Å². The molecule has 7 heteroatoms. The quantitative estimate of drug-likeness (QED) is 0.236. The smallest absolute Gasteiger partial charge is 0.155 e. The molecule has 3 aromatic heterocycles. The minimum absolute atomic E-state index is 0.420. The molecule has 6 nitrogen and oxygen atoms in total. The van der Waals surface area contributed by atoms with Crippen molar-refractivity contribution in [2.45, 2.75) is 32.8 Å². The monoisotopic (exact) mass is 425 g/mol. The van der Waals surface area contributed by atoms with Crippen molar-refractivity contribution in [3.05, 3.63) is 60.3 Å². The molecule has 0 aliphatic rings. The molecule has 0 amide bonds. The van der Waals surface area contributed by atoms with E-state index in [9.17, 15) is 0 Å². The zero-order valence-electron chi connectivity index (χ0n) is 17.3. The van der Waals surface area contributed by atoms with E-state index in [0.29, 0.717) is 29.2 Å². The zero-order valence-corrected chi connectivity index (χ0v) is 18.0. The van der Waals surface area contributed by atoms with E-state index in [1.165, 1.54) is 0 Å². The van der Waals surface area contributed by atoms with Crippen LogP contribution in [0.4, 0.5) is 0 Å². The second kappa shape index (κ2) is 8.40. The fourth-order valence-corrected chi connectivity index (χ4v) is 3.05. The lowest BCUT2D eigenvalue weighted by atomic mass is 10.2. The Bertz CT molecular complexity index is 1240. The van der Waals surface area contributed by atoms with Crippen LogP contribution in [0.15, 0.2) is 64.6 Å². The molecular formula is C23H24ClN3O3. The summed E-state index contributed by atoms with van der Waals surface area (Å²) in [5, 5.41) is 5.87. The number of fused-ring (bicyclic) bond motifs is 2. The minimum Gasteiger partial charge on any atom is -0.494 e. The van der Waals surface area contributed by atoms with Crippen LogP contribution in [0.3, 0.4) is 0 Å². The summed E-state index contributed by atoms with van der Waals surface area (Å²) in [7, 11) is 0. The van der Waals surface area contributed by atoms with Gasteiger partial charge in [-0.2, -0.15) is 0 Å². The number of nitrogens with zero attached hydrogens (tertiary/aromatic N) is 3. The van der Waals surface area contributed by atoms with Crippen molar-refractivity contribution in [2.75, 3.05) is 12.5 Å². The van der Waals surface area contributed by atoms with E-state index in [-0.39, 0.29) is 0 Å². The molecule has 0 N–H and O–H groups in total. The third-order valence-corrected chi connectivity index (χ3v) is 4.62. The Morgan fingerprint density at radius 2 is 2.03 bits per heavy atom. The van der Waals surface area contributed by atoms with E-state index in [0.717, 1.165) is 28.8 Å². The number of aromatic nitrogens is 2. The molecule has 0 radical (unpaired) electrons. The third kappa shape index (κ3) is 4.60. The van der Waals surface area contributed by atoms with Gasteiger partial charge < -0.3 is 18.4 Å². The molecule has 4 aromatic rings. The molecule has 156 valence electrons. The summed E-state index contributed by atoms with van der Waals surface area (Å²) in [5.74, 6) is 1.90. The van der Waals surface area contributed by atoms with Crippen molar-refractivity contribution in [1.29, 1.82) is 0 Å². The van der Waals surface area contributed by atoms with Crippen molar-refractivity contribution in [3.8, 4) is 17.2 Å². The van der Waals surface area contributed by atoms with Crippen LogP contribution in [0, 0.1) is 0 Å². The molecular weight excluding hydrogens is 402 g/mol. The molecule has 1 aromatic carbocycles. The van der Waals surface area contributed by atoms with E-state index < -0.39 is 5.60 Å². The lowest BCUT2D eigenvalue weighted by Crippen LogP contribution is -2.18. The van der Waals surface area contributed by atoms with Crippen LogP contribution in [-0.4, -0.2) is 27.5 Å². The maximum atomic E-state index is 6.16. The zero-order chi connectivity index (χ0) is 21.1. The van der Waals surface area contributed by atoms with Gasteiger partial charge in [-0.1, -0.05) is 5.16 Å². The summed E-state index contributed by atoms with van der Waals surface area (Å²) < 4.78 is 13.9. The average molecular weight is 426 g/mol. The van der Waals surface area contributed by atoms with E-state index in [4.69, 9.17) is 25.6 Å². The van der Waals surface area contributed by atoms with E-state index in [1.807, 2.05) is 73.8 Å². The van der Waals surface area contributed by atoms with E-state index in [1.54, 1.807) is 6.33 Å². The summed E-state index contributed by atoms with van der Waals surface area (Å²) in [6.45, 7) is 6.41. The highest BCUT2D eigenvalue weighted by molar-refractivity contribution is 6.17. The molecule has 30 heavy (non-hydrogen) atoms. The SMILES string of the molecule is CC(C)(C)ON=c1cc(-c2cc3cccn3cn2)oc2ccc(OCCCCl)cc12. The number of hydrogen-bond donors (Lipinski definition) is 0. The molecule has 0 saturated carbocycles. The second-order valence-electron chi connectivity index (χ2n) is 7.95. The van der Waals surface area contributed by atoms with Gasteiger partial charge in [-0.3, -0.25) is 0 Å². The van der Waals surface area contributed by atoms with E-state index >= 15 is 0 Å². The van der Waals surface area contributed by atoms with Crippen LogP contribution in [0.1, 0.15) is 27.2 Å². The highest BCUT2D eigenvalue weighted by Gasteiger charge is 2.13. The van der Waals surface area contributed by atoms with Crippen LogP contribution in [0.2, 0.25) is 0 Å². The topological polar surface area (TPSA) is 61.3 Å². The van der Waals surface area contributed by atoms with Gasteiger partial charge in [-0.05, 0) is 63.6 Å². The first-order valence-corrected chi connectivity index (χ1v) is 10.4. The highest BCUT2D eigenvalue weighted by atomic mass is 35.5. The van der Waals surface area contributed by atoms with Crippen molar-refractivity contribution in [3.63, 3.8) is 0 Å². The van der Waals surface area contributed by atoms with Gasteiger partial charge in [-0.15, -0.1) is 11.6 Å². The minimum atomic E-state index is -0.420. The first-order chi connectivity index (χ1) is 14.4. The van der Waals surface area contributed by atoms with Gasteiger partial charge in [-0.25, -0.2) is 4.98 Å². The van der Waals surface area contributed by atoms with Crippen LogP contribution in [0.25, 0.3) is 27.9 Å². The predicted octanol–water partition coefficient (Wildman–Crippen LogP) is 5.39. The lowest BCUT2D eigenvalue weighted by Gasteiger charge is -2.15. The second-order valence-corrected chi connectivity index (χ2v) is 8.33. The van der Waals surface area contributed by atoms with Crippen LogP contribution < -0.4 is 10.1 Å². The normalized spacial score (nSPS) is 12.6. The maximum Gasteiger partial charge on any atom is 0.155 e. The molecule has 0 spiro atoms. The Morgan fingerprint density at radius 3 is 2.83 bits per heavy atom. The maximum absolute atomic E-state index is 6.16. The number of rotatable bonds is 6. The Morgan fingerprint density at radius 1 is 1.17 bits per heavy atom. The molecule has 0 bridgehead atoms. The standard InChI is InChI=1S/C23H24ClN3O3/c1-23(2,3)30-26-19-14-22(20-12-16-6-4-10-27(16)15-25-20)29-21-8-7-17(13-18(19)21)28-11-5-9-24/h4,6-8,10,12-15H,5,9,11H2,1-3H3. The predicted molar refractivity (Wildman–Crippen MR) is 118 cm³/mol. The summed E-state index contributed by atoms with van der Waals surface area (Å²) >= 11 is 5.74. The largest absolute Gasteiger partial charge is 0.494 e. The Hall–Kier alpha value is -2.99. The van der Waals surface area contributed by atoms with Gasteiger partial charge in [0, 0.05) is 23.7 Å². The lowest BCUT2D eigenvalue weighted by molar-refractivity contribution is -0.00585. The van der Waals surface area contributed by atoms with Gasteiger partial charge >= 0.3 is 0 Å². The molecule has 0 unspecified atom stereocenters. The Kier molecular flexibility index (Phi) is 5.68. The van der Waals surface area contributed by atoms with Crippen LogP contribution in [0.5, 0.6) is 5.75 Å². The van der Waals surface area contributed by atoms with Gasteiger partial charge in [0.15, 0.2) is 5.76 Å². The molecule has 0 aliphatic heterocycles. The fourth-order valence-electron chi connectivity index (χ4n) is 2.94. The molecule has 0 fully saturated rings. The van der Waals surface area contributed by atoms with Crippen molar-refractivity contribution in [1.82, 2.24) is 9.38 Å². The molecule has 0 saturated heterocycles. The van der Waals surface area contributed by atoms with Crippen LogP contribution >= 0.6 is 11.6 Å². The third-order valence-electron chi connectivity index (χ3n) is 4.35. The number of ether oxygens (including phenoxy) is 1. The summed E-state index contributed by atoms with van der Waals surface area (Å²) in [6.07, 6.45) is 4.50. The highest BCUT2D eigenvalue weighted by Crippen LogP contribution is 2.25.